The first-order valence-electron chi connectivity index (χ1n) is 7.72. The van der Waals surface area contributed by atoms with Gasteiger partial charge in [0.2, 0.25) is 5.91 Å². The Morgan fingerprint density at radius 2 is 2.27 bits per heavy atom. The van der Waals surface area contributed by atoms with Gasteiger partial charge >= 0.3 is 0 Å². The molecule has 2 rings (SSSR count). The van der Waals surface area contributed by atoms with Gasteiger partial charge in [-0.2, -0.15) is 11.3 Å². The highest BCUT2D eigenvalue weighted by Gasteiger charge is 2.37. The summed E-state index contributed by atoms with van der Waals surface area (Å²) in [6.07, 6.45) is 2.81. The molecule has 1 aliphatic rings. The summed E-state index contributed by atoms with van der Waals surface area (Å²) < 4.78 is 0. The molecule has 6 heteroatoms. The molecule has 0 aromatic carbocycles. The molecular formula is C16H24N2O3S. The van der Waals surface area contributed by atoms with Crippen LogP contribution in [0.2, 0.25) is 0 Å². The number of nitrogens with zero attached hydrogens (tertiary/aromatic N) is 1. The Hall–Kier alpha value is -1.40. The topological polar surface area (TPSA) is 69.6 Å². The van der Waals surface area contributed by atoms with E-state index in [1.807, 2.05) is 5.38 Å². The number of amides is 2. The van der Waals surface area contributed by atoms with Gasteiger partial charge in [0.15, 0.2) is 0 Å². The molecule has 2 heterocycles. The summed E-state index contributed by atoms with van der Waals surface area (Å²) in [5.41, 5.74) is -0.197. The molecule has 1 unspecified atom stereocenters. The van der Waals surface area contributed by atoms with Crippen molar-refractivity contribution in [1.82, 2.24) is 10.2 Å². The molecule has 22 heavy (non-hydrogen) atoms. The molecule has 1 aliphatic heterocycles. The lowest BCUT2D eigenvalue weighted by Crippen LogP contribution is -2.48. The van der Waals surface area contributed by atoms with E-state index in [4.69, 9.17) is 0 Å². The van der Waals surface area contributed by atoms with E-state index in [1.165, 1.54) is 11.3 Å². The van der Waals surface area contributed by atoms with Crippen LogP contribution in [0.15, 0.2) is 16.8 Å². The maximum absolute atomic E-state index is 12.3. The second-order valence-electron chi connectivity index (χ2n) is 6.27. The van der Waals surface area contributed by atoms with Crippen LogP contribution in [-0.4, -0.2) is 46.6 Å². The standard InChI is InChI=1S/C16H24N2O3S/c1-16(2,21)13-5-4-9-18(13)14(19)6-3-8-17-15(20)12-7-10-22-11-12/h7,10-11,13,21H,3-6,8-9H2,1-2H3,(H,17,20). The zero-order chi connectivity index (χ0) is 16.2. The van der Waals surface area contributed by atoms with Gasteiger partial charge in [-0.15, -0.1) is 0 Å². The summed E-state index contributed by atoms with van der Waals surface area (Å²) in [5.74, 6) is -0.0290. The second kappa shape index (κ2) is 7.24. The van der Waals surface area contributed by atoms with E-state index in [9.17, 15) is 14.7 Å². The Labute approximate surface area is 135 Å². The lowest BCUT2D eigenvalue weighted by atomic mass is 9.96. The van der Waals surface area contributed by atoms with Crippen molar-refractivity contribution < 1.29 is 14.7 Å². The third-order valence-electron chi connectivity index (χ3n) is 4.02. The SMILES string of the molecule is CC(C)(O)C1CCCN1C(=O)CCCNC(=O)c1ccsc1. The minimum Gasteiger partial charge on any atom is -0.388 e. The average molecular weight is 324 g/mol. The monoisotopic (exact) mass is 324 g/mol. The quantitative estimate of drug-likeness (QED) is 0.787. The molecule has 0 aliphatic carbocycles. The molecule has 1 atom stereocenters. The Balaban J connectivity index is 1.73. The highest BCUT2D eigenvalue weighted by Crippen LogP contribution is 2.27. The molecule has 1 saturated heterocycles. The van der Waals surface area contributed by atoms with E-state index in [-0.39, 0.29) is 17.9 Å². The summed E-state index contributed by atoms with van der Waals surface area (Å²) in [6.45, 7) is 4.71. The molecule has 1 aromatic heterocycles. The molecule has 0 saturated carbocycles. The minimum atomic E-state index is -0.862. The van der Waals surface area contributed by atoms with Gasteiger partial charge in [-0.1, -0.05) is 0 Å². The number of aliphatic hydroxyl groups is 1. The van der Waals surface area contributed by atoms with Crippen molar-refractivity contribution in [3.8, 4) is 0 Å². The fraction of sp³-hybridized carbons (Fsp3) is 0.625. The average Bonchev–Trinajstić information content (AvgIpc) is 3.11. The fourth-order valence-corrected chi connectivity index (χ4v) is 3.52. The van der Waals surface area contributed by atoms with Crippen molar-refractivity contribution >= 4 is 23.2 Å². The largest absolute Gasteiger partial charge is 0.388 e. The number of carbonyl (C=O) groups excluding carboxylic acids is 2. The number of carbonyl (C=O) groups is 2. The summed E-state index contributed by atoms with van der Waals surface area (Å²) in [6, 6.07) is 1.68. The molecule has 0 spiro atoms. The van der Waals surface area contributed by atoms with E-state index in [1.54, 1.807) is 30.2 Å². The first-order valence-corrected chi connectivity index (χ1v) is 8.66. The lowest BCUT2D eigenvalue weighted by molar-refractivity contribution is -0.136. The van der Waals surface area contributed by atoms with Gasteiger partial charge in [0.1, 0.15) is 0 Å². The third-order valence-corrected chi connectivity index (χ3v) is 4.71. The van der Waals surface area contributed by atoms with Crippen molar-refractivity contribution in [3.05, 3.63) is 22.4 Å². The van der Waals surface area contributed by atoms with Gasteiger partial charge in [0.05, 0.1) is 11.6 Å². The molecule has 5 nitrogen and oxygen atoms in total. The second-order valence-corrected chi connectivity index (χ2v) is 7.05. The van der Waals surface area contributed by atoms with Crippen LogP contribution in [0.1, 0.15) is 49.9 Å². The predicted molar refractivity (Wildman–Crippen MR) is 86.9 cm³/mol. The van der Waals surface area contributed by atoms with Crippen molar-refractivity contribution in [2.75, 3.05) is 13.1 Å². The number of hydrogen-bond acceptors (Lipinski definition) is 4. The molecule has 1 fully saturated rings. The number of likely N-dealkylation sites (tertiary alicyclic amines) is 1. The Morgan fingerprint density at radius 3 is 2.91 bits per heavy atom. The maximum Gasteiger partial charge on any atom is 0.252 e. The summed E-state index contributed by atoms with van der Waals surface area (Å²) in [5, 5.41) is 16.6. The van der Waals surface area contributed by atoms with E-state index < -0.39 is 5.60 Å². The zero-order valence-corrected chi connectivity index (χ0v) is 14.0. The smallest absolute Gasteiger partial charge is 0.252 e. The highest BCUT2D eigenvalue weighted by atomic mass is 32.1. The summed E-state index contributed by atoms with van der Waals surface area (Å²) >= 11 is 1.49. The first kappa shape index (κ1) is 17.0. The Bertz CT molecular complexity index is 508. The fourth-order valence-electron chi connectivity index (χ4n) is 2.88. The van der Waals surface area contributed by atoms with E-state index in [0.717, 1.165) is 19.4 Å². The zero-order valence-electron chi connectivity index (χ0n) is 13.2. The van der Waals surface area contributed by atoms with Crippen LogP contribution in [0.5, 0.6) is 0 Å². The Morgan fingerprint density at radius 1 is 1.50 bits per heavy atom. The molecule has 122 valence electrons. The van der Waals surface area contributed by atoms with Gasteiger partial charge < -0.3 is 15.3 Å². The number of thiophene rings is 1. The van der Waals surface area contributed by atoms with Gasteiger partial charge in [-0.05, 0) is 44.6 Å². The van der Waals surface area contributed by atoms with Crippen LogP contribution in [0.25, 0.3) is 0 Å². The van der Waals surface area contributed by atoms with Gasteiger partial charge in [-0.3, -0.25) is 9.59 Å². The van der Waals surface area contributed by atoms with E-state index >= 15 is 0 Å². The molecule has 1 aromatic rings. The minimum absolute atomic E-state index is 0.0643. The Kier molecular flexibility index (Phi) is 5.58. The normalized spacial score (nSPS) is 18.5. The van der Waals surface area contributed by atoms with Crippen LogP contribution in [0.3, 0.4) is 0 Å². The van der Waals surface area contributed by atoms with Crippen molar-refractivity contribution in [2.45, 2.75) is 51.2 Å². The molecule has 0 bridgehead atoms. The van der Waals surface area contributed by atoms with Crippen LogP contribution in [0, 0.1) is 0 Å². The molecule has 0 radical (unpaired) electrons. The van der Waals surface area contributed by atoms with Crippen molar-refractivity contribution in [2.24, 2.45) is 0 Å². The van der Waals surface area contributed by atoms with Gasteiger partial charge in [0, 0.05) is 30.5 Å². The number of hydrogen-bond donors (Lipinski definition) is 2. The van der Waals surface area contributed by atoms with Crippen LogP contribution in [0.4, 0.5) is 0 Å². The lowest BCUT2D eigenvalue weighted by Gasteiger charge is -2.33. The molecule has 2 N–H and O–H groups in total. The first-order chi connectivity index (χ1) is 10.4. The summed E-state index contributed by atoms with van der Waals surface area (Å²) in [7, 11) is 0. The van der Waals surface area contributed by atoms with Crippen molar-refractivity contribution in [1.29, 1.82) is 0 Å². The van der Waals surface area contributed by atoms with Gasteiger partial charge in [0.25, 0.3) is 5.91 Å². The predicted octanol–water partition coefficient (Wildman–Crippen LogP) is 2.02. The number of rotatable bonds is 6. The highest BCUT2D eigenvalue weighted by molar-refractivity contribution is 7.08. The molecular weight excluding hydrogens is 300 g/mol. The van der Waals surface area contributed by atoms with Crippen LogP contribution < -0.4 is 5.32 Å². The van der Waals surface area contributed by atoms with E-state index in [0.29, 0.717) is 24.9 Å². The van der Waals surface area contributed by atoms with Crippen LogP contribution in [-0.2, 0) is 4.79 Å². The third kappa shape index (κ3) is 4.30. The summed E-state index contributed by atoms with van der Waals surface area (Å²) in [4.78, 5) is 25.8. The number of nitrogens with one attached hydrogen (secondary N) is 1. The molecule has 2 amide bonds. The maximum atomic E-state index is 12.3. The van der Waals surface area contributed by atoms with E-state index in [2.05, 4.69) is 5.32 Å². The van der Waals surface area contributed by atoms with Crippen LogP contribution >= 0.6 is 11.3 Å². The van der Waals surface area contributed by atoms with Gasteiger partial charge in [-0.25, -0.2) is 0 Å². The van der Waals surface area contributed by atoms with Crippen molar-refractivity contribution in [3.63, 3.8) is 0 Å².